The van der Waals surface area contributed by atoms with Gasteiger partial charge in [-0.2, -0.15) is 0 Å². The molecule has 2 saturated heterocycles. The van der Waals surface area contributed by atoms with Crippen LogP contribution in [0.3, 0.4) is 0 Å². The smallest absolute Gasteiger partial charge is 0.326 e. The molecule has 4 rings (SSSR count). The van der Waals surface area contributed by atoms with Gasteiger partial charge in [0.2, 0.25) is 5.91 Å². The lowest BCUT2D eigenvalue weighted by atomic mass is 9.84. The molecular weight excluding hydrogens is 340 g/mol. The summed E-state index contributed by atoms with van der Waals surface area (Å²) >= 11 is 0. The fourth-order valence-electron chi connectivity index (χ4n) is 4.79. The van der Waals surface area contributed by atoms with Crippen LogP contribution in [-0.2, 0) is 4.79 Å². The van der Waals surface area contributed by atoms with Crippen molar-refractivity contribution in [3.63, 3.8) is 0 Å². The Balaban J connectivity index is 1.36. The molecule has 1 atom stereocenters. The van der Waals surface area contributed by atoms with Gasteiger partial charge in [-0.3, -0.25) is 9.36 Å². The van der Waals surface area contributed by atoms with E-state index in [-0.39, 0.29) is 17.6 Å². The summed E-state index contributed by atoms with van der Waals surface area (Å²) in [5, 5.41) is 3.40. The van der Waals surface area contributed by atoms with Crippen LogP contribution in [0.15, 0.2) is 29.1 Å². The maximum atomic E-state index is 12.8. The number of hydrogen-bond donors (Lipinski definition) is 2. The monoisotopic (exact) mass is 370 g/mol. The zero-order valence-corrected chi connectivity index (χ0v) is 16.1. The zero-order valence-electron chi connectivity index (χ0n) is 16.1. The van der Waals surface area contributed by atoms with Gasteiger partial charge < -0.3 is 15.2 Å². The highest BCUT2D eigenvalue weighted by Crippen LogP contribution is 2.28. The summed E-state index contributed by atoms with van der Waals surface area (Å²) in [4.78, 5) is 30.1. The molecule has 1 aromatic heterocycles. The second kappa shape index (κ2) is 7.89. The van der Waals surface area contributed by atoms with Crippen LogP contribution in [0.2, 0.25) is 0 Å². The van der Waals surface area contributed by atoms with Gasteiger partial charge in [0.25, 0.3) is 0 Å². The molecule has 2 fully saturated rings. The third-order valence-corrected chi connectivity index (χ3v) is 6.49. The van der Waals surface area contributed by atoms with E-state index >= 15 is 0 Å². The summed E-state index contributed by atoms with van der Waals surface area (Å²) in [5.41, 5.74) is 1.81. The molecule has 0 aliphatic carbocycles. The minimum Gasteiger partial charge on any atom is -0.343 e. The third-order valence-electron chi connectivity index (χ3n) is 6.49. The number of aromatic amines is 1. The summed E-state index contributed by atoms with van der Waals surface area (Å²) in [5.74, 6) is 1.40. The second-order valence-electron chi connectivity index (χ2n) is 8.20. The molecule has 6 heteroatoms. The summed E-state index contributed by atoms with van der Waals surface area (Å²) in [6.45, 7) is 5.87. The lowest BCUT2D eigenvalue weighted by Gasteiger charge is -2.34. The van der Waals surface area contributed by atoms with Crippen molar-refractivity contribution in [3.8, 4) is 0 Å². The number of benzene rings is 1. The number of carbonyl (C=O) groups excluding carboxylic acids is 1. The average molecular weight is 370 g/mol. The molecule has 27 heavy (non-hydrogen) atoms. The van der Waals surface area contributed by atoms with Crippen LogP contribution in [0, 0.1) is 11.8 Å². The Morgan fingerprint density at radius 2 is 1.85 bits per heavy atom. The van der Waals surface area contributed by atoms with Crippen molar-refractivity contribution < 1.29 is 4.79 Å². The molecule has 6 nitrogen and oxygen atoms in total. The number of H-pyrrole nitrogens is 1. The number of likely N-dealkylation sites (tertiary alicyclic amines) is 1. The third kappa shape index (κ3) is 3.81. The Morgan fingerprint density at radius 1 is 1.15 bits per heavy atom. The summed E-state index contributed by atoms with van der Waals surface area (Å²) in [7, 11) is 0. The predicted octanol–water partition coefficient (Wildman–Crippen LogP) is 2.52. The number of hydrogen-bond acceptors (Lipinski definition) is 3. The first-order valence-corrected chi connectivity index (χ1v) is 10.3. The lowest BCUT2D eigenvalue weighted by Crippen LogP contribution is -2.41. The highest BCUT2D eigenvalue weighted by Gasteiger charge is 2.28. The molecule has 2 aliphatic rings. The Bertz CT molecular complexity index is 841. The standard InChI is InChI=1S/C21H30N4O2/c1-15(16-6-10-22-11-7-16)14-20(26)24-12-8-17(9-13-24)25-19-5-3-2-4-18(19)23-21(25)27/h2-5,15-17,22H,6-14H2,1H3,(H,23,27). The van der Waals surface area contributed by atoms with Crippen molar-refractivity contribution >= 4 is 16.9 Å². The highest BCUT2D eigenvalue weighted by atomic mass is 16.2. The first-order chi connectivity index (χ1) is 13.1. The number of carbonyl (C=O) groups is 1. The van der Waals surface area contributed by atoms with Crippen molar-refractivity contribution in [1.29, 1.82) is 0 Å². The molecule has 3 heterocycles. The van der Waals surface area contributed by atoms with Gasteiger partial charge >= 0.3 is 5.69 Å². The molecule has 0 saturated carbocycles. The lowest BCUT2D eigenvalue weighted by molar-refractivity contribution is -0.133. The van der Waals surface area contributed by atoms with E-state index in [1.165, 1.54) is 12.8 Å². The van der Waals surface area contributed by atoms with Crippen LogP contribution in [0.5, 0.6) is 0 Å². The number of aromatic nitrogens is 2. The van der Waals surface area contributed by atoms with E-state index in [1.54, 1.807) is 0 Å². The van der Waals surface area contributed by atoms with E-state index in [2.05, 4.69) is 17.2 Å². The normalized spacial score (nSPS) is 20.9. The second-order valence-corrected chi connectivity index (χ2v) is 8.20. The fraction of sp³-hybridized carbons (Fsp3) is 0.619. The number of para-hydroxylation sites is 2. The maximum Gasteiger partial charge on any atom is 0.326 e. The van der Waals surface area contributed by atoms with Gasteiger partial charge in [-0.25, -0.2) is 4.79 Å². The van der Waals surface area contributed by atoms with Crippen LogP contribution in [0.4, 0.5) is 0 Å². The molecular formula is C21H30N4O2. The molecule has 146 valence electrons. The van der Waals surface area contributed by atoms with Crippen LogP contribution in [0.25, 0.3) is 11.0 Å². The van der Waals surface area contributed by atoms with Crippen LogP contribution >= 0.6 is 0 Å². The number of nitrogens with zero attached hydrogens (tertiary/aromatic N) is 2. The Kier molecular flexibility index (Phi) is 5.34. The molecule has 2 N–H and O–H groups in total. The number of rotatable bonds is 4. The van der Waals surface area contributed by atoms with Gasteiger partial charge in [0.05, 0.1) is 11.0 Å². The van der Waals surface area contributed by atoms with Gasteiger partial charge in [0.15, 0.2) is 0 Å². The van der Waals surface area contributed by atoms with Crippen molar-refractivity contribution in [2.75, 3.05) is 26.2 Å². The van der Waals surface area contributed by atoms with Crippen LogP contribution in [-0.4, -0.2) is 46.5 Å². The van der Waals surface area contributed by atoms with Crippen LogP contribution in [0.1, 0.15) is 45.1 Å². The van der Waals surface area contributed by atoms with Crippen molar-refractivity contribution in [2.24, 2.45) is 11.8 Å². The number of imidazole rings is 1. The zero-order chi connectivity index (χ0) is 18.8. The minimum absolute atomic E-state index is 0.0412. The SMILES string of the molecule is CC(CC(=O)N1CCC(n2c(=O)[nH]c3ccccc32)CC1)C1CCNCC1. The Hall–Kier alpha value is -2.08. The molecule has 1 unspecified atom stereocenters. The van der Waals surface area contributed by atoms with E-state index in [0.717, 1.165) is 50.1 Å². The first kappa shape index (κ1) is 18.3. The topological polar surface area (TPSA) is 70.1 Å². The van der Waals surface area contributed by atoms with Crippen molar-refractivity contribution in [2.45, 2.75) is 45.1 Å². The molecule has 0 spiro atoms. The van der Waals surface area contributed by atoms with Gasteiger partial charge in [0, 0.05) is 25.6 Å². The van der Waals surface area contributed by atoms with E-state index < -0.39 is 0 Å². The highest BCUT2D eigenvalue weighted by molar-refractivity contribution is 5.77. The largest absolute Gasteiger partial charge is 0.343 e. The summed E-state index contributed by atoms with van der Waals surface area (Å²) in [6.07, 6.45) is 4.70. The molecule has 1 aromatic carbocycles. The number of fused-ring (bicyclic) bond motifs is 1. The molecule has 2 aromatic rings. The minimum atomic E-state index is -0.0412. The molecule has 0 radical (unpaired) electrons. The first-order valence-electron chi connectivity index (χ1n) is 10.3. The maximum absolute atomic E-state index is 12.8. The summed E-state index contributed by atoms with van der Waals surface area (Å²) in [6, 6.07) is 8.00. The molecule has 2 aliphatic heterocycles. The quantitative estimate of drug-likeness (QED) is 0.869. The van der Waals surface area contributed by atoms with Crippen LogP contribution < -0.4 is 11.0 Å². The predicted molar refractivity (Wildman–Crippen MR) is 107 cm³/mol. The summed E-state index contributed by atoms with van der Waals surface area (Å²) < 4.78 is 1.88. The molecule has 1 amide bonds. The van der Waals surface area contributed by atoms with Crippen molar-refractivity contribution in [1.82, 2.24) is 19.8 Å². The van der Waals surface area contributed by atoms with E-state index in [1.807, 2.05) is 33.7 Å². The molecule has 0 bridgehead atoms. The van der Waals surface area contributed by atoms with Gasteiger partial charge in [-0.05, 0) is 62.7 Å². The fourth-order valence-corrected chi connectivity index (χ4v) is 4.79. The Labute approximate surface area is 159 Å². The number of piperidine rings is 2. The van der Waals surface area contributed by atoms with E-state index in [4.69, 9.17) is 0 Å². The average Bonchev–Trinajstić information content (AvgIpc) is 3.04. The van der Waals surface area contributed by atoms with Gasteiger partial charge in [-0.1, -0.05) is 19.1 Å². The number of amides is 1. The van der Waals surface area contributed by atoms with E-state index in [0.29, 0.717) is 18.3 Å². The van der Waals surface area contributed by atoms with E-state index in [9.17, 15) is 9.59 Å². The van der Waals surface area contributed by atoms with Gasteiger partial charge in [-0.15, -0.1) is 0 Å². The van der Waals surface area contributed by atoms with Crippen molar-refractivity contribution in [3.05, 3.63) is 34.7 Å². The van der Waals surface area contributed by atoms with Gasteiger partial charge in [0.1, 0.15) is 0 Å². The number of nitrogens with one attached hydrogen (secondary N) is 2. The Morgan fingerprint density at radius 3 is 2.59 bits per heavy atom.